The molecule has 0 radical (unpaired) electrons. The Bertz CT molecular complexity index is 812. The van der Waals surface area contributed by atoms with E-state index in [1.165, 1.54) is 12.3 Å². The van der Waals surface area contributed by atoms with Gasteiger partial charge in [-0.3, -0.25) is 14.6 Å². The standard InChI is InChI=1S/C21H28F3N3O3/c1-12(21(22,23)24)30-16-10-15(25-11-14(16)13-6-7-13)18(28)26-17(20(2,3)4)19(29)27-8-5-9-27/h10-13,17H,5-9H2,1-4H3,(H,26,28)/t12-,17?/m0/s1. The highest BCUT2D eigenvalue weighted by Gasteiger charge is 2.40. The molecular weight excluding hydrogens is 399 g/mol. The van der Waals surface area contributed by atoms with E-state index in [-0.39, 0.29) is 23.3 Å². The predicted octanol–water partition coefficient (Wildman–Crippen LogP) is 3.67. The summed E-state index contributed by atoms with van der Waals surface area (Å²) in [5, 5.41) is 2.73. The molecule has 3 rings (SSSR count). The Balaban J connectivity index is 1.82. The molecule has 0 bridgehead atoms. The normalized spacial score (nSPS) is 19.0. The molecule has 1 N–H and O–H groups in total. The van der Waals surface area contributed by atoms with E-state index in [1.807, 2.05) is 20.8 Å². The topological polar surface area (TPSA) is 71.5 Å². The lowest BCUT2D eigenvalue weighted by Crippen LogP contribution is -2.57. The van der Waals surface area contributed by atoms with Crippen molar-refractivity contribution >= 4 is 11.8 Å². The van der Waals surface area contributed by atoms with Gasteiger partial charge in [0.2, 0.25) is 5.91 Å². The van der Waals surface area contributed by atoms with Crippen LogP contribution in [0.25, 0.3) is 0 Å². The number of hydrogen-bond acceptors (Lipinski definition) is 4. The number of alkyl halides is 3. The third-order valence-corrected chi connectivity index (χ3v) is 5.47. The summed E-state index contributed by atoms with van der Waals surface area (Å²) in [6, 6.07) is 0.479. The number of ether oxygens (including phenoxy) is 1. The number of hydrogen-bond donors (Lipinski definition) is 1. The van der Waals surface area contributed by atoms with E-state index in [2.05, 4.69) is 10.3 Å². The number of rotatable bonds is 6. The van der Waals surface area contributed by atoms with Crippen molar-refractivity contribution in [2.24, 2.45) is 5.41 Å². The van der Waals surface area contributed by atoms with Gasteiger partial charge in [0.1, 0.15) is 17.5 Å². The molecular formula is C21H28F3N3O3. The van der Waals surface area contributed by atoms with Crippen molar-refractivity contribution in [2.75, 3.05) is 13.1 Å². The first-order valence-corrected chi connectivity index (χ1v) is 10.2. The Hall–Kier alpha value is -2.32. The van der Waals surface area contributed by atoms with Crippen LogP contribution in [0.2, 0.25) is 0 Å². The van der Waals surface area contributed by atoms with Crippen LogP contribution in [0.15, 0.2) is 12.3 Å². The fourth-order valence-corrected chi connectivity index (χ4v) is 3.20. The number of likely N-dealkylation sites (tertiary alicyclic amines) is 1. The lowest BCUT2D eigenvalue weighted by molar-refractivity contribution is -0.189. The van der Waals surface area contributed by atoms with Crippen LogP contribution in [0, 0.1) is 5.41 Å². The van der Waals surface area contributed by atoms with Crippen molar-refractivity contribution in [3.05, 3.63) is 23.5 Å². The maximum Gasteiger partial charge on any atom is 0.425 e. The molecule has 1 aromatic heterocycles. The van der Waals surface area contributed by atoms with E-state index in [9.17, 15) is 22.8 Å². The number of carbonyl (C=O) groups is 2. The van der Waals surface area contributed by atoms with Crippen LogP contribution in [0.3, 0.4) is 0 Å². The molecule has 1 unspecified atom stereocenters. The van der Waals surface area contributed by atoms with Crippen LogP contribution in [0.1, 0.15) is 68.9 Å². The number of carbonyl (C=O) groups excluding carboxylic acids is 2. The van der Waals surface area contributed by atoms with Gasteiger partial charge in [-0.2, -0.15) is 13.2 Å². The van der Waals surface area contributed by atoms with Gasteiger partial charge in [0.25, 0.3) is 5.91 Å². The van der Waals surface area contributed by atoms with Crippen molar-refractivity contribution in [2.45, 2.75) is 71.2 Å². The van der Waals surface area contributed by atoms with E-state index >= 15 is 0 Å². The maximum absolute atomic E-state index is 13.0. The summed E-state index contributed by atoms with van der Waals surface area (Å²) >= 11 is 0. The lowest BCUT2D eigenvalue weighted by Gasteiger charge is -2.38. The Morgan fingerprint density at radius 1 is 1.23 bits per heavy atom. The van der Waals surface area contributed by atoms with Crippen molar-refractivity contribution in [3.8, 4) is 5.75 Å². The van der Waals surface area contributed by atoms with Gasteiger partial charge in [-0.25, -0.2) is 0 Å². The van der Waals surface area contributed by atoms with Crippen molar-refractivity contribution < 1.29 is 27.5 Å². The van der Waals surface area contributed by atoms with Gasteiger partial charge in [0, 0.05) is 30.9 Å². The highest BCUT2D eigenvalue weighted by atomic mass is 19.4. The Morgan fingerprint density at radius 3 is 2.33 bits per heavy atom. The van der Waals surface area contributed by atoms with Crippen LogP contribution in [-0.4, -0.2) is 53.1 Å². The molecule has 2 aliphatic rings. The second-order valence-corrected chi connectivity index (χ2v) is 9.13. The predicted molar refractivity (Wildman–Crippen MR) is 104 cm³/mol. The van der Waals surface area contributed by atoms with Gasteiger partial charge in [-0.1, -0.05) is 20.8 Å². The number of amides is 2. The lowest BCUT2D eigenvalue weighted by atomic mass is 9.85. The molecule has 1 aromatic rings. The average molecular weight is 427 g/mol. The van der Waals surface area contributed by atoms with Crippen LogP contribution >= 0.6 is 0 Å². The molecule has 1 aliphatic carbocycles. The molecule has 30 heavy (non-hydrogen) atoms. The van der Waals surface area contributed by atoms with Gasteiger partial charge in [-0.15, -0.1) is 0 Å². The molecule has 1 aliphatic heterocycles. The number of nitrogens with one attached hydrogen (secondary N) is 1. The largest absolute Gasteiger partial charge is 0.481 e. The summed E-state index contributed by atoms with van der Waals surface area (Å²) in [5.41, 5.74) is -0.0402. The second kappa shape index (κ2) is 8.07. The zero-order valence-electron chi connectivity index (χ0n) is 17.7. The van der Waals surface area contributed by atoms with Crippen molar-refractivity contribution in [3.63, 3.8) is 0 Å². The van der Waals surface area contributed by atoms with Crippen LogP contribution < -0.4 is 10.1 Å². The third-order valence-electron chi connectivity index (χ3n) is 5.47. The van der Waals surface area contributed by atoms with Crippen molar-refractivity contribution in [1.29, 1.82) is 0 Å². The molecule has 9 heteroatoms. The zero-order chi connectivity index (χ0) is 22.3. The molecule has 0 aromatic carbocycles. The molecule has 0 spiro atoms. The van der Waals surface area contributed by atoms with Crippen LogP contribution in [-0.2, 0) is 4.79 Å². The summed E-state index contributed by atoms with van der Waals surface area (Å²) in [7, 11) is 0. The fraction of sp³-hybridized carbons (Fsp3) is 0.667. The fourth-order valence-electron chi connectivity index (χ4n) is 3.20. The first-order valence-electron chi connectivity index (χ1n) is 10.2. The summed E-state index contributed by atoms with van der Waals surface area (Å²) in [4.78, 5) is 31.4. The minimum absolute atomic E-state index is 0.0175. The summed E-state index contributed by atoms with van der Waals surface area (Å²) < 4.78 is 44.1. The summed E-state index contributed by atoms with van der Waals surface area (Å²) in [6.45, 7) is 7.78. The van der Waals surface area contributed by atoms with Gasteiger partial charge in [-0.05, 0) is 37.5 Å². The molecule has 2 heterocycles. The Morgan fingerprint density at radius 2 is 1.87 bits per heavy atom. The highest BCUT2D eigenvalue weighted by molar-refractivity contribution is 5.96. The number of nitrogens with zero attached hydrogens (tertiary/aromatic N) is 2. The molecule has 1 saturated carbocycles. The van der Waals surface area contributed by atoms with Crippen molar-refractivity contribution in [1.82, 2.24) is 15.2 Å². The van der Waals surface area contributed by atoms with Crippen LogP contribution in [0.5, 0.6) is 5.75 Å². The quantitative estimate of drug-likeness (QED) is 0.752. The zero-order valence-corrected chi connectivity index (χ0v) is 17.7. The summed E-state index contributed by atoms with van der Waals surface area (Å²) in [6.07, 6.45) is -2.50. The molecule has 166 valence electrons. The third kappa shape index (κ3) is 5.05. The average Bonchev–Trinajstić information content (AvgIpc) is 3.40. The maximum atomic E-state index is 13.0. The van der Waals surface area contributed by atoms with E-state index in [0.717, 1.165) is 26.2 Å². The molecule has 2 atom stereocenters. The van der Waals surface area contributed by atoms with E-state index in [1.54, 1.807) is 4.90 Å². The smallest absolute Gasteiger partial charge is 0.425 e. The molecule has 2 fully saturated rings. The van der Waals surface area contributed by atoms with Gasteiger partial charge >= 0.3 is 6.18 Å². The molecule has 6 nitrogen and oxygen atoms in total. The van der Waals surface area contributed by atoms with E-state index < -0.39 is 29.6 Å². The van der Waals surface area contributed by atoms with E-state index in [0.29, 0.717) is 18.7 Å². The SMILES string of the molecule is C[C@H](Oc1cc(C(=O)NC(C(=O)N2CCC2)C(C)(C)C)ncc1C1CC1)C(F)(F)F. The highest BCUT2D eigenvalue weighted by Crippen LogP contribution is 2.44. The number of pyridine rings is 1. The van der Waals surface area contributed by atoms with Gasteiger partial charge in [0.15, 0.2) is 6.10 Å². The molecule has 2 amide bonds. The summed E-state index contributed by atoms with van der Waals surface area (Å²) in [5.74, 6) is -0.668. The first kappa shape index (κ1) is 22.4. The minimum Gasteiger partial charge on any atom is -0.481 e. The minimum atomic E-state index is -4.52. The number of aromatic nitrogens is 1. The van der Waals surface area contributed by atoms with Crippen LogP contribution in [0.4, 0.5) is 13.2 Å². The Labute approximate surface area is 174 Å². The van der Waals surface area contributed by atoms with Gasteiger partial charge in [0.05, 0.1) is 0 Å². The van der Waals surface area contributed by atoms with Gasteiger partial charge < -0.3 is 15.0 Å². The molecule has 1 saturated heterocycles. The first-order chi connectivity index (χ1) is 13.9. The number of halogens is 3. The second-order valence-electron chi connectivity index (χ2n) is 9.13. The monoisotopic (exact) mass is 427 g/mol. The Kier molecular flexibility index (Phi) is 6.02. The van der Waals surface area contributed by atoms with E-state index in [4.69, 9.17) is 4.74 Å².